The van der Waals surface area contributed by atoms with Gasteiger partial charge in [-0.25, -0.2) is 4.98 Å². The van der Waals surface area contributed by atoms with Crippen LogP contribution in [0.4, 0.5) is 5.13 Å². The number of thiophene rings is 1. The fraction of sp³-hybridized carbons (Fsp3) is 0.429. The van der Waals surface area contributed by atoms with Crippen LogP contribution in [-0.2, 0) is 6.42 Å². The molecule has 0 spiro atoms. The maximum absolute atomic E-state index is 12.1. The summed E-state index contributed by atoms with van der Waals surface area (Å²) >= 11 is 3.01. The molecule has 5 nitrogen and oxygen atoms in total. The zero-order chi connectivity index (χ0) is 14.7. The van der Waals surface area contributed by atoms with Crippen LogP contribution in [0.25, 0.3) is 0 Å². The lowest BCUT2D eigenvalue weighted by Crippen LogP contribution is -2.24. The van der Waals surface area contributed by atoms with E-state index in [9.17, 15) is 4.79 Å². The van der Waals surface area contributed by atoms with Gasteiger partial charge in [-0.15, -0.1) is 22.7 Å². The van der Waals surface area contributed by atoms with Gasteiger partial charge in [0, 0.05) is 29.3 Å². The van der Waals surface area contributed by atoms with Crippen LogP contribution in [0.15, 0.2) is 17.5 Å². The van der Waals surface area contributed by atoms with Crippen molar-refractivity contribution in [3.63, 3.8) is 0 Å². The van der Waals surface area contributed by atoms with Gasteiger partial charge in [-0.2, -0.15) is 0 Å². The summed E-state index contributed by atoms with van der Waals surface area (Å²) in [6.07, 6.45) is 3.08. The molecule has 2 aromatic heterocycles. The molecule has 3 rings (SSSR count). The summed E-state index contributed by atoms with van der Waals surface area (Å²) in [5.74, 6) is -0.00699. The van der Waals surface area contributed by atoms with Gasteiger partial charge in [0.05, 0.1) is 10.6 Å². The van der Waals surface area contributed by atoms with Crippen LogP contribution >= 0.6 is 22.7 Å². The van der Waals surface area contributed by atoms with E-state index in [1.54, 1.807) is 11.3 Å². The molecule has 21 heavy (non-hydrogen) atoms. The number of nitrogens with zero attached hydrogens (tertiary/aromatic N) is 1. The Labute approximate surface area is 131 Å². The Kier molecular flexibility index (Phi) is 4.52. The lowest BCUT2D eigenvalue weighted by molar-refractivity contribution is 0.0958. The number of rotatable bonds is 5. The van der Waals surface area contributed by atoms with Gasteiger partial charge in [-0.3, -0.25) is 4.79 Å². The third kappa shape index (κ3) is 3.61. The van der Waals surface area contributed by atoms with E-state index >= 15 is 0 Å². The highest BCUT2D eigenvalue weighted by atomic mass is 32.1. The number of hydrogen-bond acceptors (Lipinski definition) is 6. The molecule has 0 aromatic carbocycles. The van der Waals surface area contributed by atoms with Gasteiger partial charge in [-0.1, -0.05) is 0 Å². The van der Waals surface area contributed by atoms with E-state index < -0.39 is 0 Å². The second kappa shape index (κ2) is 6.55. The second-order valence-electron chi connectivity index (χ2n) is 5.03. The number of carbonyl (C=O) groups is 1. The lowest BCUT2D eigenvalue weighted by Gasteiger charge is -2.06. The number of hydrogen-bond donors (Lipinski definition) is 3. The molecule has 1 aliphatic heterocycles. The Morgan fingerprint density at radius 3 is 3.14 bits per heavy atom. The number of aromatic nitrogens is 1. The summed E-state index contributed by atoms with van der Waals surface area (Å²) in [5, 5.41) is 8.89. The molecule has 1 aliphatic rings. The fourth-order valence-electron chi connectivity index (χ4n) is 2.42. The average Bonchev–Trinajstić information content (AvgIpc) is 3.19. The normalized spacial score (nSPS) is 18.0. The topological polar surface area (TPSA) is 80.0 Å². The number of nitrogens with one attached hydrogen (secondary N) is 2. The third-order valence-electron chi connectivity index (χ3n) is 3.49. The number of thiazole rings is 1. The molecule has 0 bridgehead atoms. The Bertz CT molecular complexity index is 616. The Morgan fingerprint density at radius 1 is 1.52 bits per heavy atom. The highest BCUT2D eigenvalue weighted by molar-refractivity contribution is 7.14. The Hall–Kier alpha value is -1.44. The minimum atomic E-state index is -0.00699. The van der Waals surface area contributed by atoms with E-state index in [1.165, 1.54) is 22.6 Å². The number of anilines is 1. The summed E-state index contributed by atoms with van der Waals surface area (Å²) in [6, 6.07) is 4.40. The minimum absolute atomic E-state index is 0.00699. The van der Waals surface area contributed by atoms with E-state index in [-0.39, 0.29) is 5.91 Å². The first-order valence-electron chi connectivity index (χ1n) is 7.03. The van der Waals surface area contributed by atoms with Crippen molar-refractivity contribution in [2.24, 2.45) is 0 Å². The zero-order valence-electron chi connectivity index (χ0n) is 11.6. The van der Waals surface area contributed by atoms with Crippen molar-refractivity contribution in [1.82, 2.24) is 15.6 Å². The SMILES string of the molecule is Nc1nc(CCNC(=O)c2ccc([C@H]3CCCN3)s2)cs1. The molecule has 1 saturated heterocycles. The van der Waals surface area contributed by atoms with Gasteiger partial charge in [0.2, 0.25) is 0 Å². The van der Waals surface area contributed by atoms with Crippen molar-refractivity contribution in [2.75, 3.05) is 18.8 Å². The van der Waals surface area contributed by atoms with E-state index in [1.807, 2.05) is 11.4 Å². The van der Waals surface area contributed by atoms with Crippen LogP contribution in [0.5, 0.6) is 0 Å². The van der Waals surface area contributed by atoms with E-state index in [0.29, 0.717) is 24.1 Å². The van der Waals surface area contributed by atoms with Crippen LogP contribution in [0.2, 0.25) is 0 Å². The summed E-state index contributed by atoms with van der Waals surface area (Å²) < 4.78 is 0. The standard InChI is InChI=1S/C14H18N4OS2/c15-14-18-9(8-20-14)5-7-17-13(19)12-4-3-11(21-12)10-2-1-6-16-10/h3-4,8,10,16H,1-2,5-7H2,(H2,15,18)(H,17,19)/t10-/m1/s1. The predicted octanol–water partition coefficient (Wildman–Crippen LogP) is 2.18. The number of carbonyl (C=O) groups excluding carboxylic acids is 1. The minimum Gasteiger partial charge on any atom is -0.375 e. The Balaban J connectivity index is 1.50. The van der Waals surface area contributed by atoms with Crippen molar-refractivity contribution in [2.45, 2.75) is 25.3 Å². The monoisotopic (exact) mass is 322 g/mol. The van der Waals surface area contributed by atoms with Gasteiger partial charge >= 0.3 is 0 Å². The molecule has 2 aromatic rings. The number of nitrogen functional groups attached to an aromatic ring is 1. The molecule has 3 heterocycles. The first-order chi connectivity index (χ1) is 10.2. The van der Waals surface area contributed by atoms with Crippen molar-refractivity contribution >= 4 is 33.7 Å². The Morgan fingerprint density at radius 2 is 2.43 bits per heavy atom. The van der Waals surface area contributed by atoms with Crippen LogP contribution < -0.4 is 16.4 Å². The van der Waals surface area contributed by atoms with Crippen LogP contribution in [0.3, 0.4) is 0 Å². The number of nitrogens with two attached hydrogens (primary N) is 1. The third-order valence-corrected chi connectivity index (χ3v) is 5.41. The molecule has 1 fully saturated rings. The lowest BCUT2D eigenvalue weighted by atomic mass is 10.2. The largest absolute Gasteiger partial charge is 0.375 e. The van der Waals surface area contributed by atoms with Crippen molar-refractivity contribution in [3.05, 3.63) is 33.0 Å². The fourth-order valence-corrected chi connectivity index (χ4v) is 4.05. The molecule has 0 unspecified atom stereocenters. The highest BCUT2D eigenvalue weighted by Gasteiger charge is 2.19. The molecule has 112 valence electrons. The molecule has 4 N–H and O–H groups in total. The maximum Gasteiger partial charge on any atom is 0.261 e. The summed E-state index contributed by atoms with van der Waals surface area (Å²) in [5.41, 5.74) is 6.51. The quantitative estimate of drug-likeness (QED) is 0.788. The van der Waals surface area contributed by atoms with Crippen LogP contribution in [-0.4, -0.2) is 24.0 Å². The van der Waals surface area contributed by atoms with Crippen LogP contribution in [0.1, 0.15) is 39.1 Å². The van der Waals surface area contributed by atoms with Gasteiger partial charge in [0.1, 0.15) is 0 Å². The second-order valence-corrected chi connectivity index (χ2v) is 7.04. The van der Waals surface area contributed by atoms with E-state index in [2.05, 4.69) is 21.7 Å². The van der Waals surface area contributed by atoms with Gasteiger partial charge in [0.25, 0.3) is 5.91 Å². The van der Waals surface area contributed by atoms with Crippen molar-refractivity contribution in [1.29, 1.82) is 0 Å². The molecule has 7 heteroatoms. The molecular weight excluding hydrogens is 304 g/mol. The first-order valence-corrected chi connectivity index (χ1v) is 8.73. The molecule has 1 amide bonds. The molecule has 0 saturated carbocycles. The smallest absolute Gasteiger partial charge is 0.261 e. The van der Waals surface area contributed by atoms with E-state index in [0.717, 1.165) is 23.5 Å². The predicted molar refractivity (Wildman–Crippen MR) is 86.9 cm³/mol. The zero-order valence-corrected chi connectivity index (χ0v) is 13.2. The summed E-state index contributed by atoms with van der Waals surface area (Å²) in [4.78, 5) is 18.3. The molecular formula is C14H18N4OS2. The maximum atomic E-state index is 12.1. The van der Waals surface area contributed by atoms with Gasteiger partial charge in [-0.05, 0) is 31.5 Å². The summed E-state index contributed by atoms with van der Waals surface area (Å²) in [6.45, 7) is 1.65. The number of amides is 1. The average molecular weight is 322 g/mol. The highest BCUT2D eigenvalue weighted by Crippen LogP contribution is 2.29. The van der Waals surface area contributed by atoms with Crippen molar-refractivity contribution < 1.29 is 4.79 Å². The van der Waals surface area contributed by atoms with Gasteiger partial charge in [0.15, 0.2) is 5.13 Å². The summed E-state index contributed by atoms with van der Waals surface area (Å²) in [7, 11) is 0. The van der Waals surface area contributed by atoms with Crippen LogP contribution in [0, 0.1) is 0 Å². The molecule has 0 aliphatic carbocycles. The first kappa shape index (κ1) is 14.5. The molecule has 0 radical (unpaired) electrons. The van der Waals surface area contributed by atoms with Crippen molar-refractivity contribution in [3.8, 4) is 0 Å². The van der Waals surface area contributed by atoms with Gasteiger partial charge < -0.3 is 16.4 Å². The van der Waals surface area contributed by atoms with E-state index in [4.69, 9.17) is 5.73 Å². The molecule has 1 atom stereocenters.